The highest BCUT2D eigenvalue weighted by atomic mass is 35.5. The van der Waals surface area contributed by atoms with E-state index in [1.54, 1.807) is 0 Å². The van der Waals surface area contributed by atoms with Gasteiger partial charge in [0.15, 0.2) is 5.96 Å². The topological polar surface area (TPSA) is 36.4 Å². The standard InChI is InChI=1S/C12H16ClN3/c13-11-5-2-1-4-10(11)6-9-16-12-14-7-3-8-15-12/h1-2,4-5H,3,6-9H2,(H2,14,15,16). The van der Waals surface area contributed by atoms with Gasteiger partial charge in [-0.15, -0.1) is 0 Å². The van der Waals surface area contributed by atoms with Gasteiger partial charge in [-0.05, 0) is 24.5 Å². The highest BCUT2D eigenvalue weighted by molar-refractivity contribution is 6.31. The second-order valence-electron chi connectivity index (χ2n) is 3.78. The third kappa shape index (κ3) is 3.14. The molecule has 2 N–H and O–H groups in total. The Hall–Kier alpha value is -1.22. The van der Waals surface area contributed by atoms with Gasteiger partial charge in [-0.25, -0.2) is 0 Å². The van der Waals surface area contributed by atoms with Gasteiger partial charge < -0.3 is 10.6 Å². The smallest absolute Gasteiger partial charge is 0.191 e. The number of hydrogen-bond donors (Lipinski definition) is 2. The molecule has 3 nitrogen and oxygen atoms in total. The second kappa shape index (κ2) is 5.75. The first kappa shape index (κ1) is 11.3. The predicted molar refractivity (Wildman–Crippen MR) is 68.1 cm³/mol. The van der Waals surface area contributed by atoms with Crippen LogP contribution < -0.4 is 10.6 Å². The summed E-state index contributed by atoms with van der Waals surface area (Å²) in [6.45, 7) is 2.79. The molecule has 0 radical (unpaired) electrons. The van der Waals surface area contributed by atoms with E-state index in [1.807, 2.05) is 18.2 Å². The summed E-state index contributed by atoms with van der Waals surface area (Å²) < 4.78 is 0. The van der Waals surface area contributed by atoms with E-state index in [0.717, 1.165) is 43.5 Å². The SMILES string of the molecule is Clc1ccccc1CCNC1=NCCCN1. The van der Waals surface area contributed by atoms with Crippen LogP contribution in [0.5, 0.6) is 0 Å². The maximum atomic E-state index is 6.07. The lowest BCUT2D eigenvalue weighted by atomic mass is 10.1. The van der Waals surface area contributed by atoms with Crippen molar-refractivity contribution >= 4 is 17.6 Å². The molecule has 2 rings (SSSR count). The summed E-state index contributed by atoms with van der Waals surface area (Å²) in [6, 6.07) is 7.94. The van der Waals surface area contributed by atoms with Crippen molar-refractivity contribution in [3.05, 3.63) is 34.9 Å². The molecule has 0 amide bonds. The maximum absolute atomic E-state index is 6.07. The molecule has 0 aliphatic carbocycles. The predicted octanol–water partition coefficient (Wildman–Crippen LogP) is 1.82. The van der Waals surface area contributed by atoms with E-state index < -0.39 is 0 Å². The van der Waals surface area contributed by atoms with E-state index >= 15 is 0 Å². The lowest BCUT2D eigenvalue weighted by Gasteiger charge is -2.16. The largest absolute Gasteiger partial charge is 0.356 e. The highest BCUT2D eigenvalue weighted by Crippen LogP contribution is 2.14. The van der Waals surface area contributed by atoms with Crippen LogP contribution >= 0.6 is 11.6 Å². The van der Waals surface area contributed by atoms with Crippen molar-refractivity contribution in [2.24, 2.45) is 4.99 Å². The third-order valence-corrected chi connectivity index (χ3v) is 2.91. The molecule has 0 saturated carbocycles. The quantitative estimate of drug-likeness (QED) is 0.842. The fourth-order valence-electron chi connectivity index (χ4n) is 1.67. The molecule has 1 aliphatic heterocycles. The van der Waals surface area contributed by atoms with Crippen LogP contribution in [0.4, 0.5) is 0 Å². The van der Waals surface area contributed by atoms with Crippen LogP contribution in [-0.2, 0) is 6.42 Å². The van der Waals surface area contributed by atoms with Crippen LogP contribution in [0, 0.1) is 0 Å². The summed E-state index contributed by atoms with van der Waals surface area (Å²) in [4.78, 5) is 4.34. The van der Waals surface area contributed by atoms with E-state index in [2.05, 4.69) is 21.7 Å². The summed E-state index contributed by atoms with van der Waals surface area (Å²) in [5.41, 5.74) is 1.17. The minimum atomic E-state index is 0.836. The summed E-state index contributed by atoms with van der Waals surface area (Å²) in [5, 5.41) is 7.34. The van der Waals surface area contributed by atoms with E-state index in [0.29, 0.717) is 0 Å². The molecule has 0 unspecified atom stereocenters. The average molecular weight is 238 g/mol. The Balaban J connectivity index is 1.80. The van der Waals surface area contributed by atoms with Gasteiger partial charge in [0.25, 0.3) is 0 Å². The number of aliphatic imine (C=N–C) groups is 1. The van der Waals surface area contributed by atoms with Gasteiger partial charge in [-0.1, -0.05) is 29.8 Å². The van der Waals surface area contributed by atoms with Crippen molar-refractivity contribution in [3.63, 3.8) is 0 Å². The second-order valence-corrected chi connectivity index (χ2v) is 4.19. The molecule has 0 saturated heterocycles. The fourth-order valence-corrected chi connectivity index (χ4v) is 1.90. The van der Waals surface area contributed by atoms with Crippen LogP contribution in [0.25, 0.3) is 0 Å². The summed E-state index contributed by atoms with van der Waals surface area (Å²) in [6.07, 6.45) is 2.04. The number of benzene rings is 1. The van der Waals surface area contributed by atoms with E-state index in [1.165, 1.54) is 5.56 Å². The molecule has 0 aromatic heterocycles. The summed E-state index contributed by atoms with van der Waals surface area (Å²) in [5.74, 6) is 0.915. The first-order valence-corrected chi connectivity index (χ1v) is 5.99. The van der Waals surface area contributed by atoms with E-state index in [4.69, 9.17) is 11.6 Å². The minimum Gasteiger partial charge on any atom is -0.356 e. The Kier molecular flexibility index (Phi) is 4.05. The molecule has 1 aromatic carbocycles. The zero-order chi connectivity index (χ0) is 11.2. The van der Waals surface area contributed by atoms with Crippen LogP contribution in [0.1, 0.15) is 12.0 Å². The molecule has 86 valence electrons. The highest BCUT2D eigenvalue weighted by Gasteiger charge is 2.03. The van der Waals surface area contributed by atoms with Crippen molar-refractivity contribution in [2.45, 2.75) is 12.8 Å². The van der Waals surface area contributed by atoms with Gasteiger partial charge >= 0.3 is 0 Å². The Bertz CT molecular complexity index is 376. The first-order chi connectivity index (χ1) is 7.86. The van der Waals surface area contributed by atoms with Crippen molar-refractivity contribution < 1.29 is 0 Å². The number of guanidine groups is 1. The number of hydrogen-bond acceptors (Lipinski definition) is 3. The van der Waals surface area contributed by atoms with E-state index in [-0.39, 0.29) is 0 Å². The number of nitrogens with one attached hydrogen (secondary N) is 2. The molecule has 1 aliphatic rings. The number of rotatable bonds is 3. The summed E-state index contributed by atoms with van der Waals surface area (Å²) in [7, 11) is 0. The molecule has 4 heteroatoms. The average Bonchev–Trinajstić information content (AvgIpc) is 2.33. The Morgan fingerprint density at radius 3 is 3.00 bits per heavy atom. The van der Waals surface area contributed by atoms with E-state index in [9.17, 15) is 0 Å². The Morgan fingerprint density at radius 2 is 2.25 bits per heavy atom. The maximum Gasteiger partial charge on any atom is 0.191 e. The van der Waals surface area contributed by atoms with Gasteiger partial charge in [0.05, 0.1) is 0 Å². The summed E-state index contributed by atoms with van der Waals surface area (Å²) >= 11 is 6.07. The minimum absolute atomic E-state index is 0.836. The van der Waals surface area contributed by atoms with Crippen molar-refractivity contribution in [3.8, 4) is 0 Å². The lowest BCUT2D eigenvalue weighted by molar-refractivity contribution is 0.700. The zero-order valence-electron chi connectivity index (χ0n) is 9.17. The Morgan fingerprint density at radius 1 is 1.38 bits per heavy atom. The molecule has 1 heterocycles. The van der Waals surface area contributed by atoms with Gasteiger partial charge in [0.1, 0.15) is 0 Å². The van der Waals surface area contributed by atoms with Gasteiger partial charge in [-0.3, -0.25) is 4.99 Å². The van der Waals surface area contributed by atoms with Crippen molar-refractivity contribution in [1.29, 1.82) is 0 Å². The Labute approximate surface area is 101 Å². The molecule has 0 atom stereocenters. The molecular formula is C12H16ClN3. The molecule has 0 spiro atoms. The molecule has 16 heavy (non-hydrogen) atoms. The third-order valence-electron chi connectivity index (χ3n) is 2.54. The monoisotopic (exact) mass is 237 g/mol. The van der Waals surface area contributed by atoms with Gasteiger partial charge in [-0.2, -0.15) is 0 Å². The van der Waals surface area contributed by atoms with Crippen LogP contribution in [0.3, 0.4) is 0 Å². The lowest BCUT2D eigenvalue weighted by Crippen LogP contribution is -2.41. The van der Waals surface area contributed by atoms with Crippen LogP contribution in [0.2, 0.25) is 5.02 Å². The van der Waals surface area contributed by atoms with Gasteiger partial charge in [0.2, 0.25) is 0 Å². The molecule has 1 aromatic rings. The zero-order valence-corrected chi connectivity index (χ0v) is 9.93. The first-order valence-electron chi connectivity index (χ1n) is 5.62. The molecular weight excluding hydrogens is 222 g/mol. The normalized spacial score (nSPS) is 15.2. The van der Waals surface area contributed by atoms with Crippen LogP contribution in [-0.4, -0.2) is 25.6 Å². The number of halogens is 1. The van der Waals surface area contributed by atoms with Crippen LogP contribution in [0.15, 0.2) is 29.3 Å². The fraction of sp³-hybridized carbons (Fsp3) is 0.417. The van der Waals surface area contributed by atoms with Crippen molar-refractivity contribution in [1.82, 2.24) is 10.6 Å². The van der Waals surface area contributed by atoms with Gasteiger partial charge in [0, 0.05) is 24.7 Å². The molecule has 0 bridgehead atoms. The molecule has 0 fully saturated rings. The van der Waals surface area contributed by atoms with Crippen molar-refractivity contribution in [2.75, 3.05) is 19.6 Å². The number of nitrogens with zero attached hydrogens (tertiary/aromatic N) is 1.